The lowest BCUT2D eigenvalue weighted by molar-refractivity contribution is 0.0205. The number of hydrogen-bond donors (Lipinski definition) is 0. The first-order valence-electron chi connectivity index (χ1n) is 9.74. The average molecular weight is 381 g/mol. The maximum Gasteiger partial charge on any atom is 0.410 e. The van der Waals surface area contributed by atoms with Crippen LogP contribution in [0.5, 0.6) is 0 Å². The fraction of sp³-hybridized carbons (Fsp3) is 0.476. The molecular formula is C21H27N5O2. The molecule has 0 saturated carbocycles. The molecule has 0 bridgehead atoms. The van der Waals surface area contributed by atoms with Crippen LogP contribution in [0.25, 0.3) is 16.6 Å². The Morgan fingerprint density at radius 1 is 1.07 bits per heavy atom. The van der Waals surface area contributed by atoms with E-state index in [0.717, 1.165) is 29.5 Å². The van der Waals surface area contributed by atoms with Gasteiger partial charge in [-0.15, -0.1) is 0 Å². The molecule has 1 aliphatic heterocycles. The third-order valence-electron chi connectivity index (χ3n) is 5.17. The van der Waals surface area contributed by atoms with Gasteiger partial charge in [0.25, 0.3) is 0 Å². The number of amides is 1. The zero-order valence-electron chi connectivity index (χ0n) is 16.9. The fourth-order valence-corrected chi connectivity index (χ4v) is 3.76. The molecule has 0 radical (unpaired) electrons. The lowest BCUT2D eigenvalue weighted by atomic mass is 9.90. The molecule has 148 valence electrons. The van der Waals surface area contributed by atoms with Gasteiger partial charge in [0.2, 0.25) is 0 Å². The number of rotatable bonds is 2. The van der Waals surface area contributed by atoms with Gasteiger partial charge in [-0.25, -0.2) is 9.31 Å². The summed E-state index contributed by atoms with van der Waals surface area (Å²) < 4.78 is 9.23. The van der Waals surface area contributed by atoms with Crippen LogP contribution in [0.15, 0.2) is 36.9 Å². The van der Waals surface area contributed by atoms with E-state index < -0.39 is 5.60 Å². The zero-order chi connectivity index (χ0) is 19.9. The van der Waals surface area contributed by atoms with Crippen molar-refractivity contribution in [3.05, 3.63) is 42.5 Å². The van der Waals surface area contributed by atoms with Crippen LogP contribution in [-0.2, 0) is 11.8 Å². The van der Waals surface area contributed by atoms with Crippen molar-refractivity contribution in [2.75, 3.05) is 13.1 Å². The molecule has 0 aromatic carbocycles. The summed E-state index contributed by atoms with van der Waals surface area (Å²) in [5, 5.41) is 8.81. The van der Waals surface area contributed by atoms with E-state index in [0.29, 0.717) is 19.0 Å². The molecule has 7 heteroatoms. The van der Waals surface area contributed by atoms with E-state index in [1.54, 1.807) is 4.68 Å². The second-order valence-electron chi connectivity index (χ2n) is 8.49. The summed E-state index contributed by atoms with van der Waals surface area (Å²) in [5.74, 6) is 0.403. The van der Waals surface area contributed by atoms with Crippen LogP contribution < -0.4 is 0 Å². The van der Waals surface area contributed by atoms with Crippen LogP contribution in [-0.4, -0.2) is 49.1 Å². The highest BCUT2D eigenvalue weighted by molar-refractivity contribution is 5.69. The molecule has 0 unspecified atom stereocenters. The van der Waals surface area contributed by atoms with Gasteiger partial charge in [-0.1, -0.05) is 6.07 Å². The van der Waals surface area contributed by atoms with Crippen LogP contribution in [0.2, 0.25) is 0 Å². The van der Waals surface area contributed by atoms with Crippen LogP contribution in [0.1, 0.15) is 45.1 Å². The number of aryl methyl sites for hydroxylation is 1. The molecule has 0 atom stereocenters. The SMILES string of the molecule is Cn1cc(-c2ccc3c(C4CCN(C(=O)OC(C)(C)C)CC4)cnn3c2)cn1. The molecule has 3 aromatic rings. The number of hydrogen-bond acceptors (Lipinski definition) is 4. The van der Waals surface area contributed by atoms with E-state index in [1.807, 2.05) is 62.0 Å². The minimum absolute atomic E-state index is 0.216. The number of carbonyl (C=O) groups is 1. The molecule has 0 aliphatic carbocycles. The Morgan fingerprint density at radius 2 is 1.82 bits per heavy atom. The predicted octanol–water partition coefficient (Wildman–Crippen LogP) is 3.85. The van der Waals surface area contributed by atoms with E-state index in [-0.39, 0.29) is 6.09 Å². The fourth-order valence-electron chi connectivity index (χ4n) is 3.76. The average Bonchev–Trinajstić information content (AvgIpc) is 3.26. The van der Waals surface area contributed by atoms with Gasteiger partial charge >= 0.3 is 6.09 Å². The molecule has 7 nitrogen and oxygen atoms in total. The van der Waals surface area contributed by atoms with Crippen molar-refractivity contribution in [2.24, 2.45) is 7.05 Å². The van der Waals surface area contributed by atoms with Crippen molar-refractivity contribution in [1.82, 2.24) is 24.3 Å². The van der Waals surface area contributed by atoms with Crippen molar-refractivity contribution in [3.8, 4) is 11.1 Å². The smallest absolute Gasteiger partial charge is 0.410 e. The molecule has 0 spiro atoms. The van der Waals surface area contributed by atoms with Gasteiger partial charge < -0.3 is 9.64 Å². The van der Waals surface area contributed by atoms with Crippen LogP contribution >= 0.6 is 0 Å². The number of aromatic nitrogens is 4. The van der Waals surface area contributed by atoms with Gasteiger partial charge in [0.1, 0.15) is 5.60 Å². The summed E-state index contributed by atoms with van der Waals surface area (Å²) >= 11 is 0. The van der Waals surface area contributed by atoms with Crippen molar-refractivity contribution >= 4 is 11.6 Å². The first kappa shape index (κ1) is 18.5. The van der Waals surface area contributed by atoms with Crippen molar-refractivity contribution in [3.63, 3.8) is 0 Å². The third kappa shape index (κ3) is 3.74. The summed E-state index contributed by atoms with van der Waals surface area (Å²) in [7, 11) is 1.91. The molecule has 1 fully saturated rings. The molecule has 4 rings (SSSR count). The molecule has 0 N–H and O–H groups in total. The first-order chi connectivity index (χ1) is 13.3. The van der Waals surface area contributed by atoms with E-state index in [4.69, 9.17) is 4.74 Å². The van der Waals surface area contributed by atoms with Crippen LogP contribution in [0.4, 0.5) is 4.79 Å². The maximum atomic E-state index is 12.3. The van der Waals surface area contributed by atoms with Crippen molar-refractivity contribution < 1.29 is 9.53 Å². The Hall–Kier alpha value is -2.83. The van der Waals surface area contributed by atoms with Gasteiger partial charge in [-0.3, -0.25) is 4.68 Å². The number of fused-ring (bicyclic) bond motifs is 1. The quantitative estimate of drug-likeness (QED) is 0.676. The first-order valence-corrected chi connectivity index (χ1v) is 9.74. The molecule has 1 saturated heterocycles. The van der Waals surface area contributed by atoms with Crippen molar-refractivity contribution in [2.45, 2.75) is 45.1 Å². The summed E-state index contributed by atoms with van der Waals surface area (Å²) in [6.45, 7) is 7.12. The van der Waals surface area contributed by atoms with Crippen molar-refractivity contribution in [1.29, 1.82) is 0 Å². The predicted molar refractivity (Wildman–Crippen MR) is 107 cm³/mol. The summed E-state index contributed by atoms with van der Waals surface area (Å²) in [5.41, 5.74) is 4.09. The third-order valence-corrected chi connectivity index (χ3v) is 5.17. The number of carbonyl (C=O) groups excluding carboxylic acids is 1. The number of likely N-dealkylation sites (tertiary alicyclic amines) is 1. The highest BCUT2D eigenvalue weighted by Crippen LogP contribution is 2.32. The number of ether oxygens (including phenoxy) is 1. The summed E-state index contributed by atoms with van der Waals surface area (Å²) in [6.07, 6.45) is 9.50. The second kappa shape index (κ2) is 6.96. The maximum absolute atomic E-state index is 12.3. The minimum atomic E-state index is -0.456. The molecule has 3 aromatic heterocycles. The lowest BCUT2D eigenvalue weighted by Crippen LogP contribution is -2.41. The number of piperidine rings is 1. The van der Waals surface area contributed by atoms with E-state index in [9.17, 15) is 4.79 Å². The molecule has 1 aliphatic rings. The van der Waals surface area contributed by atoms with E-state index in [1.165, 1.54) is 5.56 Å². The van der Waals surface area contributed by atoms with Crippen LogP contribution in [0.3, 0.4) is 0 Å². The normalized spacial score (nSPS) is 15.9. The lowest BCUT2D eigenvalue weighted by Gasteiger charge is -2.33. The van der Waals surface area contributed by atoms with Gasteiger partial charge in [0, 0.05) is 49.2 Å². The Balaban J connectivity index is 1.48. The number of nitrogens with zero attached hydrogens (tertiary/aromatic N) is 5. The topological polar surface area (TPSA) is 64.7 Å². The standard InChI is InChI=1S/C21H27N5O2/c1-21(2,3)28-20(27)25-9-7-15(8-10-25)18-12-23-26-14-16(5-6-19(18)26)17-11-22-24(4)13-17/h5-6,11-15H,7-10H2,1-4H3. The Labute approximate surface area is 164 Å². The van der Waals surface area contributed by atoms with Gasteiger partial charge in [-0.05, 0) is 45.6 Å². The highest BCUT2D eigenvalue weighted by Gasteiger charge is 2.28. The van der Waals surface area contributed by atoms with E-state index in [2.05, 4.69) is 22.3 Å². The van der Waals surface area contributed by atoms with E-state index >= 15 is 0 Å². The van der Waals surface area contributed by atoms with Gasteiger partial charge in [0.05, 0.1) is 17.9 Å². The highest BCUT2D eigenvalue weighted by atomic mass is 16.6. The Bertz CT molecular complexity index is 990. The molecule has 28 heavy (non-hydrogen) atoms. The van der Waals surface area contributed by atoms with Crippen LogP contribution in [0, 0.1) is 0 Å². The molecule has 1 amide bonds. The van der Waals surface area contributed by atoms with Gasteiger partial charge in [0.15, 0.2) is 0 Å². The number of pyridine rings is 1. The summed E-state index contributed by atoms with van der Waals surface area (Å²) in [6, 6.07) is 4.25. The molecular weight excluding hydrogens is 354 g/mol. The summed E-state index contributed by atoms with van der Waals surface area (Å²) in [4.78, 5) is 14.1. The minimum Gasteiger partial charge on any atom is -0.444 e. The Morgan fingerprint density at radius 3 is 2.46 bits per heavy atom. The monoisotopic (exact) mass is 381 g/mol. The largest absolute Gasteiger partial charge is 0.444 e. The van der Waals surface area contributed by atoms with Gasteiger partial charge in [-0.2, -0.15) is 10.2 Å². The zero-order valence-corrected chi connectivity index (χ0v) is 16.9. The Kier molecular flexibility index (Phi) is 4.61. The molecule has 4 heterocycles. The second-order valence-corrected chi connectivity index (χ2v) is 8.49.